The van der Waals surface area contributed by atoms with Crippen LogP contribution in [0.25, 0.3) is 0 Å². The van der Waals surface area contributed by atoms with Crippen LogP contribution in [0.3, 0.4) is 0 Å². The third-order valence-electron chi connectivity index (χ3n) is 2.88. The summed E-state index contributed by atoms with van der Waals surface area (Å²) in [7, 11) is -1.90. The van der Waals surface area contributed by atoms with Crippen LogP contribution in [0.15, 0.2) is 23.1 Å². The summed E-state index contributed by atoms with van der Waals surface area (Å²) in [6.45, 7) is 4.52. The summed E-state index contributed by atoms with van der Waals surface area (Å²) in [5.74, 6) is 0. The number of hydrogen-bond donors (Lipinski definition) is 2. The zero-order chi connectivity index (χ0) is 14.5. The SMILES string of the molecule is COCCC(C)NS(=O)(=O)c1ccc(CN)cc1C. The highest BCUT2D eigenvalue weighted by molar-refractivity contribution is 7.89. The molecule has 0 radical (unpaired) electrons. The van der Waals surface area contributed by atoms with Crippen molar-refractivity contribution in [3.63, 3.8) is 0 Å². The normalized spacial score (nSPS) is 13.5. The van der Waals surface area contributed by atoms with Gasteiger partial charge in [0.15, 0.2) is 0 Å². The lowest BCUT2D eigenvalue weighted by Crippen LogP contribution is -2.33. The van der Waals surface area contributed by atoms with Crippen molar-refractivity contribution in [1.82, 2.24) is 4.72 Å². The highest BCUT2D eigenvalue weighted by Gasteiger charge is 2.19. The van der Waals surface area contributed by atoms with Gasteiger partial charge >= 0.3 is 0 Å². The van der Waals surface area contributed by atoms with Crippen molar-refractivity contribution in [3.05, 3.63) is 29.3 Å². The smallest absolute Gasteiger partial charge is 0.241 e. The van der Waals surface area contributed by atoms with Gasteiger partial charge in [0.25, 0.3) is 0 Å². The molecule has 108 valence electrons. The monoisotopic (exact) mass is 286 g/mol. The number of methoxy groups -OCH3 is 1. The third-order valence-corrected chi connectivity index (χ3v) is 4.63. The average Bonchev–Trinajstić information content (AvgIpc) is 2.35. The van der Waals surface area contributed by atoms with Crippen LogP contribution in [0.4, 0.5) is 0 Å². The Balaban J connectivity index is 2.88. The van der Waals surface area contributed by atoms with Crippen molar-refractivity contribution < 1.29 is 13.2 Å². The highest BCUT2D eigenvalue weighted by Crippen LogP contribution is 2.17. The van der Waals surface area contributed by atoms with Crippen molar-refractivity contribution in [1.29, 1.82) is 0 Å². The van der Waals surface area contributed by atoms with Crippen molar-refractivity contribution in [2.75, 3.05) is 13.7 Å². The maximum atomic E-state index is 12.2. The standard InChI is InChI=1S/C13H22N2O3S/c1-10-8-12(9-14)4-5-13(10)19(16,17)15-11(2)6-7-18-3/h4-5,8,11,15H,6-7,9,14H2,1-3H3. The quantitative estimate of drug-likeness (QED) is 0.788. The second kappa shape index (κ2) is 7.00. The van der Waals surface area contributed by atoms with Crippen LogP contribution in [0.5, 0.6) is 0 Å². The summed E-state index contributed by atoms with van der Waals surface area (Å²) in [5.41, 5.74) is 7.16. The summed E-state index contributed by atoms with van der Waals surface area (Å²) in [6, 6.07) is 4.97. The number of rotatable bonds is 7. The van der Waals surface area contributed by atoms with Gasteiger partial charge in [-0.1, -0.05) is 12.1 Å². The van der Waals surface area contributed by atoms with E-state index in [0.717, 1.165) is 5.56 Å². The summed E-state index contributed by atoms with van der Waals surface area (Å²) >= 11 is 0. The Morgan fingerprint density at radius 1 is 1.42 bits per heavy atom. The molecule has 0 aliphatic carbocycles. The van der Waals surface area contributed by atoms with Crippen LogP contribution in [-0.4, -0.2) is 28.2 Å². The Kier molecular flexibility index (Phi) is 5.93. The number of benzene rings is 1. The lowest BCUT2D eigenvalue weighted by atomic mass is 10.1. The number of sulfonamides is 1. The summed E-state index contributed by atoms with van der Waals surface area (Å²) in [5, 5.41) is 0. The maximum absolute atomic E-state index is 12.2. The number of ether oxygens (including phenoxy) is 1. The van der Waals surface area contributed by atoms with E-state index < -0.39 is 10.0 Å². The molecule has 0 aromatic heterocycles. The summed E-state index contributed by atoms with van der Waals surface area (Å²) < 4.78 is 32.1. The van der Waals surface area contributed by atoms with Gasteiger partial charge in [0, 0.05) is 26.3 Å². The molecule has 0 heterocycles. The maximum Gasteiger partial charge on any atom is 0.241 e. The molecule has 0 saturated carbocycles. The van der Waals surface area contributed by atoms with Crippen LogP contribution in [-0.2, 0) is 21.3 Å². The fourth-order valence-electron chi connectivity index (χ4n) is 1.82. The molecule has 1 aromatic rings. The van der Waals surface area contributed by atoms with E-state index in [0.29, 0.717) is 30.0 Å². The van der Waals surface area contributed by atoms with E-state index in [1.807, 2.05) is 6.92 Å². The molecule has 1 rings (SSSR count). The molecule has 0 spiro atoms. The minimum atomic E-state index is -3.49. The van der Waals surface area contributed by atoms with Gasteiger partial charge < -0.3 is 10.5 Å². The Morgan fingerprint density at radius 2 is 2.11 bits per heavy atom. The fraction of sp³-hybridized carbons (Fsp3) is 0.538. The van der Waals surface area contributed by atoms with E-state index in [9.17, 15) is 8.42 Å². The van der Waals surface area contributed by atoms with Gasteiger partial charge in [0.1, 0.15) is 0 Å². The van der Waals surface area contributed by atoms with Gasteiger partial charge in [-0.05, 0) is 37.5 Å². The van der Waals surface area contributed by atoms with Gasteiger partial charge in [-0.15, -0.1) is 0 Å². The second-order valence-corrected chi connectivity index (χ2v) is 6.29. The second-order valence-electron chi connectivity index (χ2n) is 4.61. The average molecular weight is 286 g/mol. The van der Waals surface area contributed by atoms with Crippen LogP contribution in [0.1, 0.15) is 24.5 Å². The molecule has 0 aliphatic heterocycles. The van der Waals surface area contributed by atoms with E-state index in [-0.39, 0.29) is 6.04 Å². The molecule has 1 unspecified atom stereocenters. The van der Waals surface area contributed by atoms with Crippen LogP contribution in [0.2, 0.25) is 0 Å². The number of nitrogens with two attached hydrogens (primary N) is 1. The largest absolute Gasteiger partial charge is 0.385 e. The van der Waals surface area contributed by atoms with E-state index >= 15 is 0 Å². The lowest BCUT2D eigenvalue weighted by Gasteiger charge is -2.15. The number of hydrogen-bond acceptors (Lipinski definition) is 4. The first-order chi connectivity index (χ1) is 8.90. The Labute approximate surface area is 115 Å². The molecule has 0 fully saturated rings. The van der Waals surface area contributed by atoms with Gasteiger partial charge in [-0.3, -0.25) is 0 Å². The van der Waals surface area contributed by atoms with Crippen molar-refractivity contribution in [3.8, 4) is 0 Å². The summed E-state index contributed by atoms with van der Waals surface area (Å²) in [6.07, 6.45) is 0.635. The predicted octanol–water partition coefficient (Wildman–Crippen LogP) is 1.16. The molecule has 0 aliphatic rings. The third kappa shape index (κ3) is 4.58. The summed E-state index contributed by atoms with van der Waals surface area (Å²) in [4.78, 5) is 0.300. The minimum Gasteiger partial charge on any atom is -0.385 e. The van der Waals surface area contributed by atoms with Gasteiger partial charge in [0.2, 0.25) is 10.0 Å². The molecule has 6 heteroatoms. The van der Waals surface area contributed by atoms with Crippen molar-refractivity contribution >= 4 is 10.0 Å². The predicted molar refractivity (Wildman–Crippen MR) is 75.3 cm³/mol. The zero-order valence-electron chi connectivity index (χ0n) is 11.6. The number of nitrogens with one attached hydrogen (secondary N) is 1. The molecule has 1 atom stereocenters. The minimum absolute atomic E-state index is 0.168. The fourth-order valence-corrected chi connectivity index (χ4v) is 3.33. The highest BCUT2D eigenvalue weighted by atomic mass is 32.2. The van der Waals surface area contributed by atoms with Gasteiger partial charge in [0.05, 0.1) is 4.90 Å². The van der Waals surface area contributed by atoms with Gasteiger partial charge in [-0.25, -0.2) is 13.1 Å². The van der Waals surface area contributed by atoms with E-state index in [4.69, 9.17) is 10.5 Å². The molecule has 19 heavy (non-hydrogen) atoms. The van der Waals surface area contributed by atoms with Crippen LogP contribution < -0.4 is 10.5 Å². The Bertz CT molecular complexity index is 515. The van der Waals surface area contributed by atoms with E-state index in [1.165, 1.54) is 0 Å². The molecule has 0 saturated heterocycles. The molecule has 0 bridgehead atoms. The van der Waals surface area contributed by atoms with Gasteiger partial charge in [-0.2, -0.15) is 0 Å². The molecule has 1 aromatic carbocycles. The first-order valence-corrected chi connectivity index (χ1v) is 7.70. The van der Waals surface area contributed by atoms with Crippen molar-refractivity contribution in [2.24, 2.45) is 5.73 Å². The topological polar surface area (TPSA) is 81.4 Å². The molecular formula is C13H22N2O3S. The molecule has 0 amide bonds. The van der Waals surface area contributed by atoms with Crippen molar-refractivity contribution in [2.45, 2.75) is 37.8 Å². The Hall–Kier alpha value is -0.950. The molecular weight excluding hydrogens is 264 g/mol. The number of aryl methyl sites for hydroxylation is 1. The molecule has 3 N–H and O–H groups in total. The first kappa shape index (κ1) is 16.1. The van der Waals surface area contributed by atoms with E-state index in [2.05, 4.69) is 4.72 Å². The lowest BCUT2D eigenvalue weighted by molar-refractivity contribution is 0.188. The Morgan fingerprint density at radius 3 is 2.63 bits per heavy atom. The van der Waals surface area contributed by atoms with Crippen LogP contribution >= 0.6 is 0 Å². The molecule has 5 nitrogen and oxygen atoms in total. The van der Waals surface area contributed by atoms with E-state index in [1.54, 1.807) is 32.2 Å². The zero-order valence-corrected chi connectivity index (χ0v) is 12.5. The van der Waals surface area contributed by atoms with Crippen LogP contribution in [0, 0.1) is 6.92 Å². The first-order valence-electron chi connectivity index (χ1n) is 6.21.